The summed E-state index contributed by atoms with van der Waals surface area (Å²) in [6, 6.07) is 0. The second kappa shape index (κ2) is 5.42. The molecule has 0 unspecified atom stereocenters. The molecule has 0 bridgehead atoms. The number of aryl methyl sites for hydroxylation is 1. The zero-order valence-electron chi connectivity index (χ0n) is 10.4. The van der Waals surface area contributed by atoms with Crippen molar-refractivity contribution in [3.8, 4) is 0 Å². The molecule has 0 spiro atoms. The molecule has 1 N–H and O–H groups in total. The van der Waals surface area contributed by atoms with Crippen molar-refractivity contribution in [1.82, 2.24) is 9.97 Å². The summed E-state index contributed by atoms with van der Waals surface area (Å²) in [7, 11) is 1.76. The number of rotatable bonds is 3. The standard InChI is InChI=1S/C12H19N3O2/c1-9-13-7-10(8-16)12(14-9)15-5-3-11(17-2)4-6-15/h7,11,16H,3-6,8H2,1-2H3. The Hall–Kier alpha value is -1.20. The Balaban J connectivity index is 2.14. The fourth-order valence-corrected chi connectivity index (χ4v) is 2.17. The van der Waals surface area contributed by atoms with Crippen LogP contribution in [0.1, 0.15) is 24.2 Å². The van der Waals surface area contributed by atoms with Crippen LogP contribution in [0.5, 0.6) is 0 Å². The molecule has 1 aromatic heterocycles. The topological polar surface area (TPSA) is 58.5 Å². The van der Waals surface area contributed by atoms with Crippen LogP contribution in [-0.2, 0) is 11.3 Å². The highest BCUT2D eigenvalue weighted by atomic mass is 16.5. The fourth-order valence-electron chi connectivity index (χ4n) is 2.17. The van der Waals surface area contributed by atoms with Crippen LogP contribution in [0, 0.1) is 6.92 Å². The highest BCUT2D eigenvalue weighted by Gasteiger charge is 2.21. The van der Waals surface area contributed by atoms with E-state index in [9.17, 15) is 5.11 Å². The van der Waals surface area contributed by atoms with Gasteiger partial charge in [-0.2, -0.15) is 0 Å². The molecular weight excluding hydrogens is 218 g/mol. The first kappa shape index (κ1) is 12.3. The van der Waals surface area contributed by atoms with Crippen LogP contribution in [0.25, 0.3) is 0 Å². The molecule has 5 nitrogen and oxygen atoms in total. The third kappa shape index (κ3) is 2.73. The Morgan fingerprint density at radius 3 is 2.76 bits per heavy atom. The van der Waals surface area contributed by atoms with Gasteiger partial charge in [0.1, 0.15) is 11.6 Å². The van der Waals surface area contributed by atoms with Crippen molar-refractivity contribution in [3.63, 3.8) is 0 Å². The van der Waals surface area contributed by atoms with Gasteiger partial charge in [0, 0.05) is 32.0 Å². The normalized spacial score (nSPS) is 17.5. The predicted octanol–water partition coefficient (Wildman–Crippen LogP) is 0.893. The Labute approximate surface area is 101 Å². The zero-order chi connectivity index (χ0) is 12.3. The Morgan fingerprint density at radius 1 is 1.47 bits per heavy atom. The van der Waals surface area contributed by atoms with Crippen LogP contribution in [0.4, 0.5) is 5.82 Å². The maximum Gasteiger partial charge on any atom is 0.137 e. The van der Waals surface area contributed by atoms with Crippen molar-refractivity contribution in [3.05, 3.63) is 17.6 Å². The molecule has 5 heteroatoms. The molecule has 17 heavy (non-hydrogen) atoms. The van der Waals surface area contributed by atoms with Crippen molar-refractivity contribution < 1.29 is 9.84 Å². The smallest absolute Gasteiger partial charge is 0.137 e. The van der Waals surface area contributed by atoms with Crippen LogP contribution in [0.2, 0.25) is 0 Å². The van der Waals surface area contributed by atoms with Crippen LogP contribution in [-0.4, -0.2) is 41.4 Å². The average molecular weight is 237 g/mol. The second-order valence-electron chi connectivity index (χ2n) is 4.35. The third-order valence-electron chi connectivity index (χ3n) is 3.21. The number of anilines is 1. The summed E-state index contributed by atoms with van der Waals surface area (Å²) in [6.07, 6.45) is 4.07. The molecule has 0 saturated carbocycles. The van der Waals surface area contributed by atoms with Gasteiger partial charge in [-0.1, -0.05) is 0 Å². The summed E-state index contributed by atoms with van der Waals surface area (Å²) in [5, 5.41) is 9.31. The number of piperidine rings is 1. The first-order chi connectivity index (χ1) is 8.24. The number of hydrogen-bond donors (Lipinski definition) is 1. The van der Waals surface area contributed by atoms with Crippen LogP contribution >= 0.6 is 0 Å². The monoisotopic (exact) mass is 237 g/mol. The Bertz CT molecular complexity index is 376. The van der Waals surface area contributed by atoms with Gasteiger partial charge in [0.2, 0.25) is 0 Å². The average Bonchev–Trinajstić information content (AvgIpc) is 2.39. The summed E-state index contributed by atoms with van der Waals surface area (Å²) in [4.78, 5) is 10.8. The Kier molecular flexibility index (Phi) is 3.91. The molecule has 0 atom stereocenters. The van der Waals surface area contributed by atoms with Gasteiger partial charge in [-0.05, 0) is 19.8 Å². The highest BCUT2D eigenvalue weighted by Crippen LogP contribution is 2.22. The van der Waals surface area contributed by atoms with E-state index >= 15 is 0 Å². The minimum absolute atomic E-state index is 0.0141. The van der Waals surface area contributed by atoms with Crippen molar-refractivity contribution in [2.24, 2.45) is 0 Å². The molecule has 1 fully saturated rings. The van der Waals surface area contributed by atoms with Crippen molar-refractivity contribution >= 4 is 5.82 Å². The predicted molar refractivity (Wildman–Crippen MR) is 64.9 cm³/mol. The van der Waals surface area contributed by atoms with E-state index in [1.807, 2.05) is 6.92 Å². The highest BCUT2D eigenvalue weighted by molar-refractivity contribution is 5.46. The van der Waals surface area contributed by atoms with E-state index in [4.69, 9.17) is 4.74 Å². The summed E-state index contributed by atoms with van der Waals surface area (Å²) >= 11 is 0. The van der Waals surface area contributed by atoms with E-state index in [0.717, 1.165) is 43.1 Å². The minimum atomic E-state index is -0.0141. The van der Waals surface area contributed by atoms with Crippen molar-refractivity contribution in [1.29, 1.82) is 0 Å². The van der Waals surface area contributed by atoms with Crippen LogP contribution in [0.3, 0.4) is 0 Å². The minimum Gasteiger partial charge on any atom is -0.391 e. The lowest BCUT2D eigenvalue weighted by Crippen LogP contribution is -2.37. The number of aliphatic hydroxyl groups excluding tert-OH is 1. The molecule has 1 aromatic rings. The molecule has 0 amide bonds. The SMILES string of the molecule is COC1CCN(c2nc(C)ncc2CO)CC1. The van der Waals surface area contributed by atoms with Crippen LogP contribution in [0.15, 0.2) is 6.20 Å². The first-order valence-corrected chi connectivity index (χ1v) is 5.95. The van der Waals surface area contributed by atoms with Crippen LogP contribution < -0.4 is 4.90 Å². The molecular formula is C12H19N3O2. The lowest BCUT2D eigenvalue weighted by atomic mass is 10.1. The number of aliphatic hydroxyl groups is 1. The lowest BCUT2D eigenvalue weighted by Gasteiger charge is -2.33. The zero-order valence-corrected chi connectivity index (χ0v) is 10.4. The number of methoxy groups -OCH3 is 1. The van der Waals surface area contributed by atoms with Gasteiger partial charge in [0.25, 0.3) is 0 Å². The quantitative estimate of drug-likeness (QED) is 0.846. The van der Waals surface area contributed by atoms with Gasteiger partial charge in [0.05, 0.1) is 12.7 Å². The van der Waals surface area contributed by atoms with Gasteiger partial charge in [-0.3, -0.25) is 0 Å². The number of hydrogen-bond acceptors (Lipinski definition) is 5. The summed E-state index contributed by atoms with van der Waals surface area (Å²) in [5.74, 6) is 1.61. The maximum atomic E-state index is 9.31. The van der Waals surface area contributed by atoms with E-state index in [1.54, 1.807) is 13.3 Å². The van der Waals surface area contributed by atoms with Gasteiger partial charge >= 0.3 is 0 Å². The number of nitrogens with zero attached hydrogens (tertiary/aromatic N) is 3. The molecule has 1 aliphatic rings. The molecule has 1 saturated heterocycles. The van der Waals surface area contributed by atoms with Crippen molar-refractivity contribution in [2.75, 3.05) is 25.1 Å². The summed E-state index contributed by atoms with van der Waals surface area (Å²) < 4.78 is 5.35. The largest absolute Gasteiger partial charge is 0.391 e. The van der Waals surface area contributed by atoms with E-state index in [-0.39, 0.29) is 6.61 Å². The molecule has 0 aromatic carbocycles. The third-order valence-corrected chi connectivity index (χ3v) is 3.21. The van der Waals surface area contributed by atoms with Gasteiger partial charge in [-0.15, -0.1) is 0 Å². The van der Waals surface area contributed by atoms with Gasteiger partial charge in [0.15, 0.2) is 0 Å². The molecule has 0 radical (unpaired) electrons. The fraction of sp³-hybridized carbons (Fsp3) is 0.667. The van der Waals surface area contributed by atoms with E-state index < -0.39 is 0 Å². The number of aromatic nitrogens is 2. The first-order valence-electron chi connectivity index (χ1n) is 5.95. The number of ether oxygens (including phenoxy) is 1. The van der Waals surface area contributed by atoms with Gasteiger partial charge < -0.3 is 14.7 Å². The lowest BCUT2D eigenvalue weighted by molar-refractivity contribution is 0.0817. The van der Waals surface area contributed by atoms with Crippen molar-refractivity contribution in [2.45, 2.75) is 32.5 Å². The molecule has 2 rings (SSSR count). The van der Waals surface area contributed by atoms with E-state index in [2.05, 4.69) is 14.9 Å². The van der Waals surface area contributed by atoms with E-state index in [1.165, 1.54) is 0 Å². The molecule has 94 valence electrons. The summed E-state index contributed by atoms with van der Waals surface area (Å²) in [5.41, 5.74) is 0.798. The molecule has 0 aliphatic carbocycles. The molecule has 2 heterocycles. The molecule has 1 aliphatic heterocycles. The maximum absolute atomic E-state index is 9.31. The second-order valence-corrected chi connectivity index (χ2v) is 4.35. The Morgan fingerprint density at radius 2 is 2.18 bits per heavy atom. The summed E-state index contributed by atoms with van der Waals surface area (Å²) in [6.45, 7) is 3.69. The van der Waals surface area contributed by atoms with E-state index in [0.29, 0.717) is 6.10 Å². The van der Waals surface area contributed by atoms with Gasteiger partial charge in [-0.25, -0.2) is 9.97 Å².